The van der Waals surface area contributed by atoms with E-state index in [1.165, 1.54) is 12.1 Å². The molecule has 1 rings (SSSR count). The molecule has 1 unspecified atom stereocenters. The number of alkyl halides is 3. The van der Waals surface area contributed by atoms with Crippen LogP contribution in [0.3, 0.4) is 0 Å². The van der Waals surface area contributed by atoms with Crippen molar-refractivity contribution in [2.24, 2.45) is 0 Å². The van der Waals surface area contributed by atoms with Crippen molar-refractivity contribution in [3.05, 3.63) is 33.8 Å². The molecule has 0 aliphatic heterocycles. The number of hydrogen-bond donors (Lipinski definition) is 2. The first-order valence-corrected chi connectivity index (χ1v) is 6.26. The minimum Gasteiger partial charge on any atom is -0.480 e. The van der Waals surface area contributed by atoms with Crippen LogP contribution in [0.1, 0.15) is 22.3 Å². The second-order valence-corrected chi connectivity index (χ2v) is 5.00. The maximum atomic E-state index is 12.2. The molecule has 1 atom stereocenters. The van der Waals surface area contributed by atoms with Crippen molar-refractivity contribution in [3.63, 3.8) is 0 Å². The molecule has 0 aliphatic carbocycles. The van der Waals surface area contributed by atoms with E-state index in [0.717, 1.165) is 5.56 Å². The molecule has 0 spiro atoms. The zero-order valence-electron chi connectivity index (χ0n) is 10.3. The first-order chi connectivity index (χ1) is 9.10. The Morgan fingerprint density at radius 3 is 2.45 bits per heavy atom. The van der Waals surface area contributed by atoms with Gasteiger partial charge in [-0.15, -0.1) is 0 Å². The zero-order chi connectivity index (χ0) is 15.5. The third kappa shape index (κ3) is 4.84. The van der Waals surface area contributed by atoms with Gasteiger partial charge in [-0.3, -0.25) is 4.79 Å². The molecule has 1 aromatic rings. The predicted molar refractivity (Wildman–Crippen MR) is 68.4 cm³/mol. The highest BCUT2D eigenvalue weighted by Crippen LogP contribution is 2.22. The van der Waals surface area contributed by atoms with Crippen LogP contribution in [0.5, 0.6) is 0 Å². The van der Waals surface area contributed by atoms with Gasteiger partial charge < -0.3 is 10.4 Å². The molecule has 0 saturated heterocycles. The molecule has 0 bridgehead atoms. The van der Waals surface area contributed by atoms with Crippen molar-refractivity contribution in [2.45, 2.75) is 25.6 Å². The quantitative estimate of drug-likeness (QED) is 0.874. The molecule has 0 aromatic heterocycles. The van der Waals surface area contributed by atoms with E-state index in [0.29, 0.717) is 4.47 Å². The third-order valence-corrected chi connectivity index (χ3v) is 3.33. The van der Waals surface area contributed by atoms with Crippen molar-refractivity contribution in [1.29, 1.82) is 0 Å². The van der Waals surface area contributed by atoms with Crippen LogP contribution in [0.15, 0.2) is 22.7 Å². The zero-order valence-corrected chi connectivity index (χ0v) is 11.9. The van der Waals surface area contributed by atoms with Crippen molar-refractivity contribution in [3.8, 4) is 0 Å². The summed E-state index contributed by atoms with van der Waals surface area (Å²) in [7, 11) is 0. The van der Waals surface area contributed by atoms with Gasteiger partial charge >= 0.3 is 12.1 Å². The Morgan fingerprint density at radius 2 is 2.00 bits per heavy atom. The molecule has 0 fully saturated rings. The first-order valence-electron chi connectivity index (χ1n) is 5.46. The largest absolute Gasteiger partial charge is 0.480 e. The summed E-state index contributed by atoms with van der Waals surface area (Å²) < 4.78 is 37.2. The average Bonchev–Trinajstić information content (AvgIpc) is 2.29. The summed E-state index contributed by atoms with van der Waals surface area (Å²) in [5.74, 6) is -2.61. The lowest BCUT2D eigenvalue weighted by molar-refractivity contribution is -0.157. The molecular weight excluding hydrogens is 343 g/mol. The number of hydrogen-bond acceptors (Lipinski definition) is 2. The smallest absolute Gasteiger partial charge is 0.391 e. The minimum atomic E-state index is -4.68. The highest BCUT2D eigenvalue weighted by molar-refractivity contribution is 9.10. The van der Waals surface area contributed by atoms with Crippen LogP contribution in [0.4, 0.5) is 13.2 Å². The van der Waals surface area contributed by atoms with E-state index < -0.39 is 30.5 Å². The van der Waals surface area contributed by atoms with Gasteiger partial charge in [0.25, 0.3) is 5.91 Å². The molecule has 4 nitrogen and oxygen atoms in total. The lowest BCUT2D eigenvalue weighted by Gasteiger charge is -2.16. The third-order valence-electron chi connectivity index (χ3n) is 2.47. The Balaban J connectivity index is 2.85. The fourth-order valence-electron chi connectivity index (χ4n) is 1.41. The standard InChI is InChI=1S/C12H11BrF3NO3/c1-6-2-3-7(4-8(6)13)10(18)17-9(11(19)20)5-12(14,15)16/h2-4,9H,5H2,1H3,(H,17,18)(H,19,20). The predicted octanol–water partition coefficient (Wildman–Crippen LogP) is 2.89. The van der Waals surface area contributed by atoms with Gasteiger partial charge in [-0.25, -0.2) is 4.79 Å². The summed E-state index contributed by atoms with van der Waals surface area (Å²) in [6, 6.07) is 2.40. The average molecular weight is 354 g/mol. The number of nitrogens with one attached hydrogen (secondary N) is 1. The van der Waals surface area contributed by atoms with Crippen LogP contribution in [-0.4, -0.2) is 29.2 Å². The number of halogens is 4. The van der Waals surface area contributed by atoms with Gasteiger partial charge in [0.1, 0.15) is 6.04 Å². The fraction of sp³-hybridized carbons (Fsp3) is 0.333. The summed E-state index contributed by atoms with van der Waals surface area (Å²) in [6.45, 7) is 1.77. The molecule has 2 N–H and O–H groups in total. The number of benzene rings is 1. The highest BCUT2D eigenvalue weighted by atomic mass is 79.9. The maximum absolute atomic E-state index is 12.2. The molecule has 0 aliphatic rings. The van der Waals surface area contributed by atoms with Crippen LogP contribution in [0.2, 0.25) is 0 Å². The van der Waals surface area contributed by atoms with Crippen LogP contribution in [0, 0.1) is 6.92 Å². The summed E-state index contributed by atoms with van der Waals surface area (Å²) in [6.07, 6.45) is -6.30. The number of carbonyl (C=O) groups is 2. The van der Waals surface area contributed by atoms with Crippen molar-refractivity contribution in [2.75, 3.05) is 0 Å². The molecule has 1 amide bonds. The van der Waals surface area contributed by atoms with Crippen LogP contribution >= 0.6 is 15.9 Å². The van der Waals surface area contributed by atoms with Crippen molar-refractivity contribution in [1.82, 2.24) is 5.32 Å². The van der Waals surface area contributed by atoms with E-state index in [4.69, 9.17) is 5.11 Å². The lowest BCUT2D eigenvalue weighted by atomic mass is 10.1. The summed E-state index contributed by atoms with van der Waals surface area (Å²) in [5.41, 5.74) is 0.919. The Labute approximate surface area is 121 Å². The lowest BCUT2D eigenvalue weighted by Crippen LogP contribution is -2.43. The molecule has 110 valence electrons. The molecular formula is C12H11BrF3NO3. The second-order valence-electron chi connectivity index (χ2n) is 4.15. The molecule has 8 heteroatoms. The molecule has 0 saturated carbocycles. The van der Waals surface area contributed by atoms with Gasteiger partial charge in [0, 0.05) is 10.0 Å². The number of carboxylic acids is 1. The van der Waals surface area contributed by atoms with Crippen LogP contribution in [0.25, 0.3) is 0 Å². The maximum Gasteiger partial charge on any atom is 0.391 e. The van der Waals surface area contributed by atoms with Gasteiger partial charge in [0.2, 0.25) is 0 Å². The minimum absolute atomic E-state index is 0.0795. The Bertz CT molecular complexity index is 531. The van der Waals surface area contributed by atoms with Crippen molar-refractivity contribution >= 4 is 27.8 Å². The number of carbonyl (C=O) groups excluding carboxylic acids is 1. The van der Waals surface area contributed by atoms with Crippen LogP contribution in [-0.2, 0) is 4.79 Å². The van der Waals surface area contributed by atoms with Gasteiger partial charge in [0.05, 0.1) is 6.42 Å². The van der Waals surface area contributed by atoms with E-state index in [1.54, 1.807) is 13.0 Å². The monoisotopic (exact) mass is 353 g/mol. The number of carboxylic acid groups (broad SMARTS) is 1. The summed E-state index contributed by atoms with van der Waals surface area (Å²) in [4.78, 5) is 22.5. The van der Waals surface area contributed by atoms with E-state index in [2.05, 4.69) is 15.9 Å². The Kier molecular flexibility index (Phi) is 5.15. The molecule has 1 aromatic carbocycles. The van der Waals surface area contributed by atoms with E-state index in [-0.39, 0.29) is 5.56 Å². The van der Waals surface area contributed by atoms with Gasteiger partial charge in [-0.1, -0.05) is 22.0 Å². The number of aliphatic carboxylic acids is 1. The SMILES string of the molecule is Cc1ccc(C(=O)NC(CC(F)(F)F)C(=O)O)cc1Br. The second kappa shape index (κ2) is 6.25. The highest BCUT2D eigenvalue weighted by Gasteiger charge is 2.36. The molecule has 0 heterocycles. The van der Waals surface area contributed by atoms with E-state index in [1.807, 2.05) is 5.32 Å². The van der Waals surface area contributed by atoms with E-state index in [9.17, 15) is 22.8 Å². The topological polar surface area (TPSA) is 66.4 Å². The van der Waals surface area contributed by atoms with Crippen LogP contribution < -0.4 is 5.32 Å². The molecule has 20 heavy (non-hydrogen) atoms. The van der Waals surface area contributed by atoms with Crippen molar-refractivity contribution < 1.29 is 27.9 Å². The Morgan fingerprint density at radius 1 is 1.40 bits per heavy atom. The number of rotatable bonds is 4. The Hall–Kier alpha value is -1.57. The van der Waals surface area contributed by atoms with Gasteiger partial charge in [0.15, 0.2) is 0 Å². The number of aryl methyl sites for hydroxylation is 1. The fourth-order valence-corrected chi connectivity index (χ4v) is 1.79. The summed E-state index contributed by atoms with van der Waals surface area (Å²) in [5, 5.41) is 10.6. The summed E-state index contributed by atoms with van der Waals surface area (Å²) >= 11 is 3.18. The van der Waals surface area contributed by atoms with Gasteiger partial charge in [-0.2, -0.15) is 13.2 Å². The first kappa shape index (κ1) is 16.5. The van der Waals surface area contributed by atoms with Gasteiger partial charge in [-0.05, 0) is 24.6 Å². The normalized spacial score (nSPS) is 12.8. The number of amides is 1. The molecule has 0 radical (unpaired) electrons. The van der Waals surface area contributed by atoms with E-state index >= 15 is 0 Å².